The predicted molar refractivity (Wildman–Crippen MR) is 122 cm³/mol. The summed E-state index contributed by atoms with van der Waals surface area (Å²) in [5.41, 5.74) is 2.02. The summed E-state index contributed by atoms with van der Waals surface area (Å²) < 4.78 is 15.1. The fraction of sp³-hybridized carbons (Fsp3) is 0.280. The number of hydrogen-bond donors (Lipinski definition) is 2. The normalized spacial score (nSPS) is 16.8. The number of aromatic nitrogens is 2. The second kappa shape index (κ2) is 8.74. The van der Waals surface area contributed by atoms with E-state index in [1.807, 2.05) is 30.3 Å². The molecule has 8 nitrogen and oxygen atoms in total. The van der Waals surface area contributed by atoms with E-state index in [1.54, 1.807) is 23.0 Å². The van der Waals surface area contributed by atoms with Crippen molar-refractivity contribution in [3.8, 4) is 16.9 Å². The molecule has 0 unspecified atom stereocenters. The number of amides is 4. The van der Waals surface area contributed by atoms with Gasteiger partial charge in [-0.2, -0.15) is 5.10 Å². The number of nitrogens with zero attached hydrogens (tertiary/aromatic N) is 3. The number of rotatable bonds is 6. The zero-order chi connectivity index (χ0) is 23.7. The minimum absolute atomic E-state index is 0.132. The van der Waals surface area contributed by atoms with Gasteiger partial charge in [-0.15, -0.1) is 0 Å². The van der Waals surface area contributed by atoms with E-state index >= 15 is 0 Å². The molecule has 5 rings (SSSR count). The fourth-order valence-corrected chi connectivity index (χ4v) is 4.63. The Morgan fingerprint density at radius 2 is 1.76 bits per heavy atom. The summed E-state index contributed by atoms with van der Waals surface area (Å²) in [5.74, 6) is -1.13. The number of halogens is 1. The van der Waals surface area contributed by atoms with Crippen molar-refractivity contribution in [1.82, 2.24) is 25.3 Å². The first kappa shape index (κ1) is 21.8. The number of carbonyl (C=O) groups excluding carboxylic acids is 3. The monoisotopic (exact) mass is 461 g/mol. The molecule has 1 aliphatic carbocycles. The number of para-hydroxylation sites is 1. The number of benzene rings is 2. The Kier molecular flexibility index (Phi) is 5.61. The first-order valence-electron chi connectivity index (χ1n) is 11.3. The quantitative estimate of drug-likeness (QED) is 0.551. The SMILES string of the molecule is O=C(CN1C(=O)NC2(CCCC2)C1=O)NCc1cn(-c2ccccc2)nc1-c1ccc(F)cc1. The molecule has 2 N–H and O–H groups in total. The Morgan fingerprint density at radius 1 is 1.06 bits per heavy atom. The summed E-state index contributed by atoms with van der Waals surface area (Å²) in [5, 5.41) is 10.2. The number of urea groups is 1. The average Bonchev–Trinajstić information content (AvgIpc) is 3.54. The zero-order valence-corrected chi connectivity index (χ0v) is 18.5. The third kappa shape index (κ3) is 4.05. The van der Waals surface area contributed by atoms with Gasteiger partial charge < -0.3 is 10.6 Å². The Bertz CT molecular complexity index is 1230. The summed E-state index contributed by atoms with van der Waals surface area (Å²) in [6, 6.07) is 15.0. The molecular formula is C25H24FN5O3. The van der Waals surface area contributed by atoms with E-state index in [9.17, 15) is 18.8 Å². The third-order valence-corrected chi connectivity index (χ3v) is 6.41. The van der Waals surface area contributed by atoms with Crippen LogP contribution in [-0.4, -0.2) is 44.6 Å². The molecule has 1 aliphatic heterocycles. The summed E-state index contributed by atoms with van der Waals surface area (Å²) >= 11 is 0. The molecule has 1 saturated heterocycles. The highest BCUT2D eigenvalue weighted by molar-refractivity contribution is 6.09. The molecule has 4 amide bonds. The summed E-state index contributed by atoms with van der Waals surface area (Å²) in [6.07, 6.45) is 4.77. The summed E-state index contributed by atoms with van der Waals surface area (Å²) in [7, 11) is 0. The standard InChI is InChI=1S/C25H24FN5O3/c26-19-10-8-17(9-11-19)22-18(15-31(29-22)20-6-2-1-3-7-20)14-27-21(32)16-30-23(33)25(28-24(30)34)12-4-5-13-25/h1-3,6-11,15H,4-5,12-14,16H2,(H,27,32)(H,28,34). The summed E-state index contributed by atoms with van der Waals surface area (Å²) in [6.45, 7) is -0.210. The average molecular weight is 461 g/mol. The lowest BCUT2D eigenvalue weighted by atomic mass is 9.98. The van der Waals surface area contributed by atoms with Crippen LogP contribution in [0.4, 0.5) is 9.18 Å². The molecule has 1 saturated carbocycles. The first-order valence-corrected chi connectivity index (χ1v) is 11.3. The summed E-state index contributed by atoms with van der Waals surface area (Å²) in [4.78, 5) is 38.8. The van der Waals surface area contributed by atoms with Crippen molar-refractivity contribution in [2.75, 3.05) is 6.54 Å². The van der Waals surface area contributed by atoms with Crippen LogP contribution in [0, 0.1) is 5.82 Å². The van der Waals surface area contributed by atoms with Gasteiger partial charge in [-0.3, -0.25) is 14.5 Å². The lowest BCUT2D eigenvalue weighted by molar-refractivity contribution is -0.134. The smallest absolute Gasteiger partial charge is 0.325 e. The van der Waals surface area contributed by atoms with E-state index < -0.39 is 17.5 Å². The number of imide groups is 1. The van der Waals surface area contributed by atoms with Gasteiger partial charge in [-0.05, 0) is 49.2 Å². The van der Waals surface area contributed by atoms with E-state index in [0.717, 1.165) is 23.4 Å². The Morgan fingerprint density at radius 3 is 2.47 bits per heavy atom. The predicted octanol–water partition coefficient (Wildman–Crippen LogP) is 3.16. The van der Waals surface area contributed by atoms with Crippen molar-refractivity contribution >= 4 is 17.8 Å². The molecule has 0 bridgehead atoms. The van der Waals surface area contributed by atoms with Gasteiger partial charge in [0.2, 0.25) is 5.91 Å². The first-order chi connectivity index (χ1) is 16.4. The van der Waals surface area contributed by atoms with Gasteiger partial charge >= 0.3 is 6.03 Å². The fourth-order valence-electron chi connectivity index (χ4n) is 4.63. The molecule has 1 aromatic heterocycles. The molecule has 34 heavy (non-hydrogen) atoms. The maximum Gasteiger partial charge on any atom is 0.325 e. The highest BCUT2D eigenvalue weighted by Crippen LogP contribution is 2.35. The van der Waals surface area contributed by atoms with Crippen molar-refractivity contribution in [1.29, 1.82) is 0 Å². The van der Waals surface area contributed by atoms with Gasteiger partial charge in [0.1, 0.15) is 17.9 Å². The molecule has 0 radical (unpaired) electrons. The Balaban J connectivity index is 1.33. The van der Waals surface area contributed by atoms with Crippen LogP contribution in [0.25, 0.3) is 16.9 Å². The van der Waals surface area contributed by atoms with Crippen molar-refractivity contribution in [3.63, 3.8) is 0 Å². The molecule has 2 aliphatic rings. The number of nitrogens with one attached hydrogen (secondary N) is 2. The van der Waals surface area contributed by atoms with Crippen LogP contribution in [0.5, 0.6) is 0 Å². The van der Waals surface area contributed by atoms with Crippen LogP contribution < -0.4 is 10.6 Å². The van der Waals surface area contributed by atoms with Gasteiger partial charge in [0.25, 0.3) is 5.91 Å². The van der Waals surface area contributed by atoms with E-state index in [-0.39, 0.29) is 24.8 Å². The van der Waals surface area contributed by atoms with Crippen molar-refractivity contribution in [2.24, 2.45) is 0 Å². The van der Waals surface area contributed by atoms with Crippen molar-refractivity contribution in [2.45, 2.75) is 37.8 Å². The maximum atomic E-state index is 13.4. The molecule has 0 atom stereocenters. The van der Waals surface area contributed by atoms with E-state index in [0.29, 0.717) is 29.7 Å². The van der Waals surface area contributed by atoms with Crippen LogP contribution in [0.1, 0.15) is 31.2 Å². The number of hydrogen-bond acceptors (Lipinski definition) is 4. The second-order valence-electron chi connectivity index (χ2n) is 8.68. The lowest BCUT2D eigenvalue weighted by Crippen LogP contribution is -2.45. The van der Waals surface area contributed by atoms with Gasteiger partial charge in [0.15, 0.2) is 0 Å². The molecule has 2 heterocycles. The van der Waals surface area contributed by atoms with Crippen LogP contribution in [-0.2, 0) is 16.1 Å². The lowest BCUT2D eigenvalue weighted by Gasteiger charge is -2.19. The van der Waals surface area contributed by atoms with Crippen LogP contribution >= 0.6 is 0 Å². The minimum Gasteiger partial charge on any atom is -0.350 e. The van der Waals surface area contributed by atoms with Gasteiger partial charge in [0, 0.05) is 23.9 Å². The second-order valence-corrected chi connectivity index (χ2v) is 8.68. The highest BCUT2D eigenvalue weighted by atomic mass is 19.1. The molecule has 174 valence electrons. The number of carbonyl (C=O) groups is 3. The van der Waals surface area contributed by atoms with Crippen LogP contribution in [0.15, 0.2) is 60.8 Å². The van der Waals surface area contributed by atoms with Crippen LogP contribution in [0.2, 0.25) is 0 Å². The molecule has 2 aromatic carbocycles. The van der Waals surface area contributed by atoms with E-state index in [1.165, 1.54) is 12.1 Å². The minimum atomic E-state index is -0.843. The van der Waals surface area contributed by atoms with Crippen molar-refractivity contribution in [3.05, 3.63) is 72.2 Å². The Hall–Kier alpha value is -4.01. The molecule has 3 aromatic rings. The molecule has 9 heteroatoms. The molecule has 1 spiro atoms. The zero-order valence-electron chi connectivity index (χ0n) is 18.5. The third-order valence-electron chi connectivity index (χ3n) is 6.41. The highest BCUT2D eigenvalue weighted by Gasteiger charge is 2.52. The van der Waals surface area contributed by atoms with Gasteiger partial charge in [-0.1, -0.05) is 31.0 Å². The van der Waals surface area contributed by atoms with Gasteiger partial charge in [0.05, 0.1) is 11.4 Å². The Labute approximate surface area is 195 Å². The van der Waals surface area contributed by atoms with E-state index in [2.05, 4.69) is 15.7 Å². The van der Waals surface area contributed by atoms with Crippen molar-refractivity contribution < 1.29 is 18.8 Å². The van der Waals surface area contributed by atoms with Crippen LogP contribution in [0.3, 0.4) is 0 Å². The van der Waals surface area contributed by atoms with Gasteiger partial charge in [-0.25, -0.2) is 13.9 Å². The van der Waals surface area contributed by atoms with E-state index in [4.69, 9.17) is 0 Å². The topological polar surface area (TPSA) is 96.3 Å². The largest absolute Gasteiger partial charge is 0.350 e. The molecular weight excluding hydrogens is 437 g/mol. The maximum absolute atomic E-state index is 13.4. The molecule has 2 fully saturated rings.